The minimum Gasteiger partial charge on any atom is -0.497 e. The molecule has 3 heteroatoms. The van der Waals surface area contributed by atoms with Crippen LogP contribution < -0.4 is 9.47 Å². The van der Waals surface area contributed by atoms with Crippen LogP contribution in [0.3, 0.4) is 0 Å². The van der Waals surface area contributed by atoms with E-state index in [1.54, 1.807) is 43.5 Å². The quantitative estimate of drug-likeness (QED) is 0.325. The van der Waals surface area contributed by atoms with Crippen molar-refractivity contribution in [1.82, 2.24) is 0 Å². The predicted octanol–water partition coefficient (Wildman–Crippen LogP) is 5.65. The zero-order valence-corrected chi connectivity index (χ0v) is 15.5. The van der Waals surface area contributed by atoms with Crippen molar-refractivity contribution in [2.24, 2.45) is 0 Å². The fourth-order valence-corrected chi connectivity index (χ4v) is 2.60. The summed E-state index contributed by atoms with van der Waals surface area (Å²) in [7, 11) is 1.59. The number of ether oxygens (including phenoxy) is 2. The summed E-state index contributed by atoms with van der Waals surface area (Å²) in [6.45, 7) is 2.15. The number of aryl methyl sites for hydroxylation is 1. The molecule has 136 valence electrons. The lowest BCUT2D eigenvalue weighted by molar-refractivity contribution is 0.0734. The van der Waals surface area contributed by atoms with Crippen molar-refractivity contribution >= 4 is 18.1 Å². The van der Waals surface area contributed by atoms with E-state index < -0.39 is 5.97 Å². The zero-order valence-electron chi connectivity index (χ0n) is 15.5. The van der Waals surface area contributed by atoms with Crippen LogP contribution in [0.25, 0.3) is 12.2 Å². The summed E-state index contributed by atoms with van der Waals surface area (Å²) in [5.74, 6) is 0.823. The Hall–Kier alpha value is -3.33. The van der Waals surface area contributed by atoms with Crippen LogP contribution in [0.1, 0.15) is 34.0 Å². The van der Waals surface area contributed by atoms with Crippen molar-refractivity contribution < 1.29 is 14.3 Å². The third-order valence-electron chi connectivity index (χ3n) is 4.27. The second-order valence-electron chi connectivity index (χ2n) is 6.12. The predicted molar refractivity (Wildman–Crippen MR) is 109 cm³/mol. The smallest absolute Gasteiger partial charge is 0.343 e. The monoisotopic (exact) mass is 358 g/mol. The molecule has 0 fully saturated rings. The van der Waals surface area contributed by atoms with Gasteiger partial charge in [-0.15, -0.1) is 0 Å². The highest BCUT2D eigenvalue weighted by atomic mass is 16.5. The maximum absolute atomic E-state index is 12.2. The average molecular weight is 358 g/mol. The molecule has 0 radical (unpaired) electrons. The first-order valence-corrected chi connectivity index (χ1v) is 8.91. The van der Waals surface area contributed by atoms with Crippen molar-refractivity contribution in [2.45, 2.75) is 13.3 Å². The van der Waals surface area contributed by atoms with Gasteiger partial charge in [-0.3, -0.25) is 0 Å². The number of hydrogen-bond donors (Lipinski definition) is 0. The van der Waals surface area contributed by atoms with E-state index >= 15 is 0 Å². The topological polar surface area (TPSA) is 35.5 Å². The SMILES string of the molecule is CCc1ccc(/C=C/c2ccc(OC(=O)c3ccc(OC)cc3)cc2)cc1. The molecule has 3 aromatic rings. The van der Waals surface area contributed by atoms with Gasteiger partial charge in [-0.05, 0) is 59.5 Å². The van der Waals surface area contributed by atoms with Gasteiger partial charge in [0, 0.05) is 0 Å². The highest BCUT2D eigenvalue weighted by molar-refractivity contribution is 5.91. The Balaban J connectivity index is 1.62. The summed E-state index contributed by atoms with van der Waals surface area (Å²) in [4.78, 5) is 12.2. The minimum absolute atomic E-state index is 0.392. The standard InChI is InChI=1S/C24H22O3/c1-3-18-4-6-19(7-5-18)8-9-20-10-14-23(15-11-20)27-24(25)21-12-16-22(26-2)17-13-21/h4-17H,3H2,1-2H3/b9-8+. The van der Waals surface area contributed by atoms with Gasteiger partial charge in [0.1, 0.15) is 11.5 Å². The van der Waals surface area contributed by atoms with E-state index in [0.29, 0.717) is 17.1 Å². The molecule has 0 atom stereocenters. The second-order valence-corrected chi connectivity index (χ2v) is 6.12. The summed E-state index contributed by atoms with van der Waals surface area (Å²) < 4.78 is 10.5. The highest BCUT2D eigenvalue weighted by Gasteiger charge is 2.08. The van der Waals surface area contributed by atoms with Crippen LogP contribution in [-0.2, 0) is 6.42 Å². The fourth-order valence-electron chi connectivity index (χ4n) is 2.60. The number of benzene rings is 3. The third kappa shape index (κ3) is 5.08. The van der Waals surface area contributed by atoms with E-state index in [-0.39, 0.29) is 0 Å². The van der Waals surface area contributed by atoms with Gasteiger partial charge in [-0.1, -0.05) is 55.5 Å². The average Bonchev–Trinajstić information content (AvgIpc) is 2.73. The lowest BCUT2D eigenvalue weighted by Gasteiger charge is -2.05. The van der Waals surface area contributed by atoms with E-state index in [0.717, 1.165) is 17.5 Å². The normalized spacial score (nSPS) is 10.7. The summed E-state index contributed by atoms with van der Waals surface area (Å²) in [5, 5.41) is 0. The molecule has 0 heterocycles. The number of rotatable bonds is 6. The van der Waals surface area contributed by atoms with Crippen LogP contribution in [0.5, 0.6) is 11.5 Å². The van der Waals surface area contributed by atoms with Gasteiger partial charge in [-0.2, -0.15) is 0 Å². The van der Waals surface area contributed by atoms with Crippen LogP contribution in [0.2, 0.25) is 0 Å². The van der Waals surface area contributed by atoms with E-state index in [1.165, 1.54) is 5.56 Å². The molecule has 0 unspecified atom stereocenters. The molecule has 27 heavy (non-hydrogen) atoms. The number of hydrogen-bond acceptors (Lipinski definition) is 3. The van der Waals surface area contributed by atoms with Crippen LogP contribution >= 0.6 is 0 Å². The Bertz CT molecular complexity index is 905. The molecule has 0 spiro atoms. The summed E-state index contributed by atoms with van der Waals surface area (Å²) in [5.41, 5.74) is 4.01. The van der Waals surface area contributed by atoms with Gasteiger partial charge in [0.2, 0.25) is 0 Å². The summed E-state index contributed by atoms with van der Waals surface area (Å²) in [6.07, 6.45) is 5.15. The number of carbonyl (C=O) groups is 1. The van der Waals surface area contributed by atoms with Gasteiger partial charge in [0.25, 0.3) is 0 Å². The first kappa shape index (κ1) is 18.5. The Morgan fingerprint density at radius 2 is 1.30 bits per heavy atom. The maximum Gasteiger partial charge on any atom is 0.343 e. The van der Waals surface area contributed by atoms with Crippen molar-refractivity contribution in [2.75, 3.05) is 7.11 Å². The molecule has 3 aromatic carbocycles. The van der Waals surface area contributed by atoms with Gasteiger partial charge in [-0.25, -0.2) is 4.79 Å². The molecule has 3 rings (SSSR count). The van der Waals surface area contributed by atoms with E-state index in [9.17, 15) is 4.79 Å². The number of methoxy groups -OCH3 is 1. The van der Waals surface area contributed by atoms with Gasteiger partial charge >= 0.3 is 5.97 Å². The highest BCUT2D eigenvalue weighted by Crippen LogP contribution is 2.18. The van der Waals surface area contributed by atoms with Crippen LogP contribution in [0.15, 0.2) is 72.8 Å². The van der Waals surface area contributed by atoms with Crippen molar-refractivity contribution in [3.63, 3.8) is 0 Å². The molecule has 0 saturated heterocycles. The van der Waals surface area contributed by atoms with Gasteiger partial charge < -0.3 is 9.47 Å². The first-order chi connectivity index (χ1) is 13.2. The Labute approximate surface area is 159 Å². The summed E-state index contributed by atoms with van der Waals surface area (Å²) in [6, 6.07) is 22.8. The Morgan fingerprint density at radius 1 is 0.778 bits per heavy atom. The van der Waals surface area contributed by atoms with Crippen molar-refractivity contribution in [1.29, 1.82) is 0 Å². The number of carbonyl (C=O) groups excluding carboxylic acids is 1. The summed E-state index contributed by atoms with van der Waals surface area (Å²) >= 11 is 0. The van der Waals surface area contributed by atoms with Crippen molar-refractivity contribution in [3.05, 3.63) is 95.1 Å². The molecular weight excluding hydrogens is 336 g/mol. The van der Waals surface area contributed by atoms with E-state index in [4.69, 9.17) is 9.47 Å². The zero-order chi connectivity index (χ0) is 19.1. The lowest BCUT2D eigenvalue weighted by Crippen LogP contribution is -2.08. The molecule has 0 amide bonds. The molecule has 0 aliphatic heterocycles. The number of esters is 1. The maximum atomic E-state index is 12.2. The van der Waals surface area contributed by atoms with Gasteiger partial charge in [0.15, 0.2) is 0 Å². The molecule has 3 nitrogen and oxygen atoms in total. The lowest BCUT2D eigenvalue weighted by atomic mass is 10.1. The molecule has 0 aliphatic carbocycles. The minimum atomic E-state index is -0.392. The molecule has 0 aromatic heterocycles. The molecule has 0 aliphatic rings. The van der Waals surface area contributed by atoms with Crippen molar-refractivity contribution in [3.8, 4) is 11.5 Å². The Morgan fingerprint density at radius 3 is 1.81 bits per heavy atom. The Kier molecular flexibility index (Phi) is 6.06. The van der Waals surface area contributed by atoms with Crippen LogP contribution in [0, 0.1) is 0 Å². The van der Waals surface area contributed by atoms with Gasteiger partial charge in [0.05, 0.1) is 12.7 Å². The second kappa shape index (κ2) is 8.86. The molecule has 0 N–H and O–H groups in total. The molecular formula is C24H22O3. The first-order valence-electron chi connectivity index (χ1n) is 8.91. The van der Waals surface area contributed by atoms with E-state index in [2.05, 4.69) is 37.3 Å². The fraction of sp³-hybridized carbons (Fsp3) is 0.125. The van der Waals surface area contributed by atoms with E-state index in [1.807, 2.05) is 18.2 Å². The molecule has 0 saturated carbocycles. The molecule has 0 bridgehead atoms. The largest absolute Gasteiger partial charge is 0.497 e. The van der Waals surface area contributed by atoms with Crippen LogP contribution in [0.4, 0.5) is 0 Å². The van der Waals surface area contributed by atoms with Crippen LogP contribution in [-0.4, -0.2) is 13.1 Å². The third-order valence-corrected chi connectivity index (χ3v) is 4.27.